The van der Waals surface area contributed by atoms with Gasteiger partial charge in [0.15, 0.2) is 5.76 Å². The van der Waals surface area contributed by atoms with Gasteiger partial charge < -0.3 is 9.73 Å². The van der Waals surface area contributed by atoms with Crippen LogP contribution in [0, 0.1) is 17.0 Å². The van der Waals surface area contributed by atoms with Gasteiger partial charge in [0.2, 0.25) is 0 Å². The second-order valence-corrected chi connectivity index (χ2v) is 8.05. The van der Waals surface area contributed by atoms with Crippen LogP contribution in [0.2, 0.25) is 0 Å². The Kier molecular flexibility index (Phi) is 6.60. The maximum atomic E-state index is 13.0. The van der Waals surface area contributed by atoms with E-state index in [9.17, 15) is 32.9 Å². The van der Waals surface area contributed by atoms with Crippen LogP contribution in [0.25, 0.3) is 0 Å². The molecule has 4 rings (SSSR count). The van der Waals surface area contributed by atoms with Crippen molar-refractivity contribution >= 4 is 28.9 Å². The summed E-state index contributed by atoms with van der Waals surface area (Å²) >= 11 is 0. The fraction of sp³-hybridized carbons (Fsp3) is 0.208. The minimum absolute atomic E-state index is 0.0401. The highest BCUT2D eigenvalue weighted by Gasteiger charge is 2.31. The average Bonchev–Trinajstić information content (AvgIpc) is 3.19. The highest BCUT2D eigenvalue weighted by molar-refractivity contribution is 6.09. The van der Waals surface area contributed by atoms with Crippen LogP contribution in [0.15, 0.2) is 58.0 Å². The molecule has 9 nitrogen and oxygen atoms in total. The normalized spacial score (nSPS) is 14.3. The van der Waals surface area contributed by atoms with Gasteiger partial charge in [-0.15, -0.1) is 0 Å². The van der Waals surface area contributed by atoms with Crippen molar-refractivity contribution in [3.63, 3.8) is 0 Å². The average molecular weight is 500 g/mol. The van der Waals surface area contributed by atoms with E-state index < -0.39 is 28.5 Å². The first-order valence-corrected chi connectivity index (χ1v) is 10.8. The maximum absolute atomic E-state index is 13.0. The minimum atomic E-state index is -4.55. The number of amides is 2. The number of furan rings is 1. The number of nitrogens with zero attached hydrogens (tertiary/aromatic N) is 2. The van der Waals surface area contributed by atoms with Crippen molar-refractivity contribution in [1.29, 1.82) is 0 Å². The molecule has 2 aromatic carbocycles. The van der Waals surface area contributed by atoms with Crippen molar-refractivity contribution in [2.75, 3.05) is 5.32 Å². The number of nitro benzene ring substituents is 1. The molecule has 0 unspecified atom stereocenters. The van der Waals surface area contributed by atoms with Crippen molar-refractivity contribution < 1.29 is 32.1 Å². The van der Waals surface area contributed by atoms with Crippen LogP contribution < -0.4 is 10.7 Å². The summed E-state index contributed by atoms with van der Waals surface area (Å²) in [6.45, 7) is 1.62. The molecule has 1 aliphatic rings. The lowest BCUT2D eigenvalue weighted by atomic mass is 9.93. The lowest BCUT2D eigenvalue weighted by Gasteiger charge is -2.13. The molecule has 0 radical (unpaired) electrons. The molecule has 3 aromatic rings. The van der Waals surface area contributed by atoms with Gasteiger partial charge in [0.1, 0.15) is 5.76 Å². The maximum Gasteiger partial charge on any atom is 0.416 e. The van der Waals surface area contributed by atoms with Crippen molar-refractivity contribution in [1.82, 2.24) is 5.43 Å². The Balaban J connectivity index is 1.55. The Bertz CT molecular complexity index is 1390. The molecule has 2 amide bonds. The van der Waals surface area contributed by atoms with Crippen LogP contribution in [0.1, 0.15) is 56.2 Å². The molecule has 1 heterocycles. The van der Waals surface area contributed by atoms with Crippen LogP contribution in [-0.4, -0.2) is 22.4 Å². The van der Waals surface area contributed by atoms with E-state index in [4.69, 9.17) is 4.42 Å². The SMILES string of the molecule is Cc1c(C(=O)Nc2cccc(C(F)(F)F)c2)oc2c1/C(=N/NC(=O)c1cccc([N+](=O)[O-])c1)CCC2. The van der Waals surface area contributed by atoms with Gasteiger partial charge in [-0.1, -0.05) is 12.1 Å². The fourth-order valence-corrected chi connectivity index (χ4v) is 3.90. The van der Waals surface area contributed by atoms with E-state index in [0.29, 0.717) is 41.9 Å². The van der Waals surface area contributed by atoms with Gasteiger partial charge in [0.05, 0.1) is 16.2 Å². The zero-order valence-corrected chi connectivity index (χ0v) is 18.8. The summed E-state index contributed by atoms with van der Waals surface area (Å²) in [6, 6.07) is 9.43. The van der Waals surface area contributed by atoms with E-state index >= 15 is 0 Å². The summed E-state index contributed by atoms with van der Waals surface area (Å²) in [5.41, 5.74) is 2.67. The van der Waals surface area contributed by atoms with E-state index in [1.807, 2.05) is 0 Å². The Morgan fingerprint density at radius 3 is 2.56 bits per heavy atom. The molecule has 0 fully saturated rings. The largest absolute Gasteiger partial charge is 0.455 e. The Hall–Kier alpha value is -4.48. The summed E-state index contributed by atoms with van der Waals surface area (Å²) < 4.78 is 44.7. The number of nitrogens with one attached hydrogen (secondary N) is 2. The lowest BCUT2D eigenvalue weighted by molar-refractivity contribution is -0.384. The van der Waals surface area contributed by atoms with Crippen molar-refractivity contribution in [3.8, 4) is 0 Å². The minimum Gasteiger partial charge on any atom is -0.455 e. The van der Waals surface area contributed by atoms with Gasteiger partial charge in [0, 0.05) is 40.9 Å². The topological polar surface area (TPSA) is 127 Å². The van der Waals surface area contributed by atoms with E-state index in [-0.39, 0.29) is 22.7 Å². The quantitative estimate of drug-likeness (QED) is 0.366. The van der Waals surface area contributed by atoms with Crippen LogP contribution in [0.4, 0.5) is 24.5 Å². The predicted molar refractivity (Wildman–Crippen MR) is 123 cm³/mol. The zero-order valence-electron chi connectivity index (χ0n) is 18.8. The standard InChI is InChI=1S/C24H19F3N4O5/c1-13-20-18(29-30-22(32)14-5-2-8-17(11-14)31(34)35)9-4-10-19(20)36-21(13)23(33)28-16-7-3-6-15(12-16)24(25,26)27/h2-3,5-8,11-12H,4,9-10H2,1H3,(H,28,33)(H,30,32)/b29-18+. The molecule has 0 aliphatic heterocycles. The third-order valence-electron chi connectivity index (χ3n) is 5.59. The summed E-state index contributed by atoms with van der Waals surface area (Å²) in [4.78, 5) is 35.6. The first-order chi connectivity index (χ1) is 17.0. The number of hydrogen-bond donors (Lipinski definition) is 2. The number of alkyl halides is 3. The zero-order chi connectivity index (χ0) is 26.0. The van der Waals surface area contributed by atoms with Gasteiger partial charge >= 0.3 is 6.18 Å². The molecular weight excluding hydrogens is 481 g/mol. The van der Waals surface area contributed by atoms with Crippen molar-refractivity contribution in [2.45, 2.75) is 32.4 Å². The van der Waals surface area contributed by atoms with Gasteiger partial charge in [-0.2, -0.15) is 18.3 Å². The molecular formula is C24H19F3N4O5. The number of nitro groups is 1. The first kappa shape index (κ1) is 24.6. The number of anilines is 1. The van der Waals surface area contributed by atoms with Gasteiger partial charge in [-0.25, -0.2) is 5.43 Å². The molecule has 1 aliphatic carbocycles. The number of benzene rings is 2. The number of carbonyl (C=O) groups is 2. The number of aryl methyl sites for hydroxylation is 1. The number of carbonyl (C=O) groups excluding carboxylic acids is 2. The number of hydrogen-bond acceptors (Lipinski definition) is 6. The first-order valence-electron chi connectivity index (χ1n) is 10.8. The highest BCUT2D eigenvalue weighted by Crippen LogP contribution is 2.32. The summed E-state index contributed by atoms with van der Waals surface area (Å²) in [5, 5.41) is 17.5. The predicted octanol–water partition coefficient (Wildman–Crippen LogP) is 5.24. The molecule has 0 spiro atoms. The molecule has 2 N–H and O–H groups in total. The third-order valence-corrected chi connectivity index (χ3v) is 5.59. The number of fused-ring (bicyclic) bond motifs is 1. The van der Waals surface area contributed by atoms with Gasteiger partial charge in [-0.05, 0) is 44.0 Å². The molecule has 186 valence electrons. The van der Waals surface area contributed by atoms with Crippen LogP contribution >= 0.6 is 0 Å². The Labute approximate surface area is 202 Å². The molecule has 0 saturated carbocycles. The second kappa shape index (κ2) is 9.64. The molecule has 12 heteroatoms. The number of non-ortho nitro benzene ring substituents is 1. The number of rotatable bonds is 5. The smallest absolute Gasteiger partial charge is 0.416 e. The van der Waals surface area contributed by atoms with E-state index in [1.165, 1.54) is 30.3 Å². The monoisotopic (exact) mass is 500 g/mol. The van der Waals surface area contributed by atoms with E-state index in [2.05, 4.69) is 15.8 Å². The molecule has 1 aromatic heterocycles. The Morgan fingerprint density at radius 2 is 1.83 bits per heavy atom. The summed E-state index contributed by atoms with van der Waals surface area (Å²) in [5.74, 6) is -0.975. The second-order valence-electron chi connectivity index (χ2n) is 8.05. The van der Waals surface area contributed by atoms with Crippen LogP contribution in [0.5, 0.6) is 0 Å². The van der Waals surface area contributed by atoms with Crippen LogP contribution in [-0.2, 0) is 12.6 Å². The number of halogens is 3. The van der Waals surface area contributed by atoms with Crippen LogP contribution in [0.3, 0.4) is 0 Å². The van der Waals surface area contributed by atoms with E-state index in [0.717, 1.165) is 18.2 Å². The summed E-state index contributed by atoms with van der Waals surface area (Å²) in [7, 11) is 0. The molecule has 0 atom stereocenters. The Morgan fingerprint density at radius 1 is 1.08 bits per heavy atom. The van der Waals surface area contributed by atoms with E-state index in [1.54, 1.807) is 6.92 Å². The highest BCUT2D eigenvalue weighted by atomic mass is 19.4. The third kappa shape index (κ3) is 5.11. The van der Waals surface area contributed by atoms with Crippen molar-refractivity contribution in [2.24, 2.45) is 5.10 Å². The lowest BCUT2D eigenvalue weighted by Crippen LogP contribution is -2.22. The molecule has 0 bridgehead atoms. The van der Waals surface area contributed by atoms with Gasteiger partial charge in [-0.3, -0.25) is 19.7 Å². The number of hydrazone groups is 1. The van der Waals surface area contributed by atoms with Crippen molar-refractivity contribution in [3.05, 3.63) is 92.4 Å². The molecule has 0 saturated heterocycles. The summed E-state index contributed by atoms with van der Waals surface area (Å²) in [6.07, 6.45) is -2.96. The van der Waals surface area contributed by atoms with Gasteiger partial charge in [0.25, 0.3) is 17.5 Å². The molecule has 36 heavy (non-hydrogen) atoms. The fourth-order valence-electron chi connectivity index (χ4n) is 3.90.